The van der Waals surface area contributed by atoms with Gasteiger partial charge in [0.25, 0.3) is 0 Å². The normalized spacial score (nSPS) is 12.6. The number of unbranched alkanes of at least 4 members (excludes halogenated alkanes) is 12. The minimum absolute atomic E-state index is 0.145. The Balaban J connectivity index is 1.93. The van der Waals surface area contributed by atoms with Crippen molar-refractivity contribution < 1.29 is 19.0 Å². The first-order valence-electron chi connectivity index (χ1n) is 15.1. The molecule has 0 aliphatic heterocycles. The van der Waals surface area contributed by atoms with Crippen LogP contribution < -0.4 is 0 Å². The maximum absolute atomic E-state index is 11.9. The lowest BCUT2D eigenvalue weighted by Crippen LogP contribution is -2.27. The summed E-state index contributed by atoms with van der Waals surface area (Å²) in [7, 11) is 0. The molecule has 4 nitrogen and oxygen atoms in total. The van der Waals surface area contributed by atoms with Crippen LogP contribution in [0.15, 0.2) is 42.5 Å². The molecule has 1 atom stereocenters. The predicted molar refractivity (Wildman–Crippen MR) is 156 cm³/mol. The second kappa shape index (κ2) is 22.2. The average molecular weight is 517 g/mol. The summed E-state index contributed by atoms with van der Waals surface area (Å²) in [5, 5.41) is 0. The van der Waals surface area contributed by atoms with Crippen molar-refractivity contribution in [2.75, 3.05) is 6.61 Å². The van der Waals surface area contributed by atoms with E-state index in [4.69, 9.17) is 14.2 Å². The summed E-state index contributed by atoms with van der Waals surface area (Å²) in [6.07, 6.45) is 24.2. The number of hydrogen-bond acceptors (Lipinski definition) is 4. The topological polar surface area (TPSA) is 44.8 Å². The van der Waals surface area contributed by atoms with Crippen molar-refractivity contribution in [3.8, 4) is 0 Å². The van der Waals surface area contributed by atoms with Crippen LogP contribution in [0.5, 0.6) is 0 Å². The van der Waals surface area contributed by atoms with E-state index in [1.165, 1.54) is 89.9 Å². The molecule has 0 N–H and O–H groups in total. The molecule has 0 saturated heterocycles. The molecule has 0 heterocycles. The van der Waals surface area contributed by atoms with Gasteiger partial charge in [-0.2, -0.15) is 0 Å². The van der Waals surface area contributed by atoms with Crippen LogP contribution in [0, 0.1) is 0 Å². The van der Waals surface area contributed by atoms with Gasteiger partial charge in [-0.25, -0.2) is 4.79 Å². The molecule has 0 aromatic heterocycles. The lowest BCUT2D eigenvalue weighted by molar-refractivity contribution is -0.0431. The number of carbonyl (C=O) groups is 1. The number of rotatable bonds is 23. The summed E-state index contributed by atoms with van der Waals surface area (Å²) in [4.78, 5) is 11.9. The summed E-state index contributed by atoms with van der Waals surface area (Å²) in [6.45, 7) is 9.27. The Hall–Kier alpha value is -1.81. The monoisotopic (exact) mass is 516 g/mol. The molecular formula is C33H56O4. The third-order valence-electron chi connectivity index (χ3n) is 6.80. The first-order valence-corrected chi connectivity index (χ1v) is 15.1. The van der Waals surface area contributed by atoms with Crippen molar-refractivity contribution in [3.05, 3.63) is 48.0 Å². The van der Waals surface area contributed by atoms with Crippen LogP contribution in [0.4, 0.5) is 4.79 Å². The number of carbonyl (C=O) groups excluding carboxylic acids is 1. The van der Waals surface area contributed by atoms with E-state index >= 15 is 0 Å². The minimum atomic E-state index is -0.625. The van der Waals surface area contributed by atoms with Crippen LogP contribution in [-0.4, -0.2) is 24.5 Å². The van der Waals surface area contributed by atoms with Crippen LogP contribution in [0.1, 0.15) is 136 Å². The first kappa shape index (κ1) is 33.2. The largest absolute Gasteiger partial charge is 0.508 e. The summed E-state index contributed by atoms with van der Waals surface area (Å²) in [5.74, 6) is 0. The molecule has 0 aliphatic rings. The van der Waals surface area contributed by atoms with Crippen LogP contribution in [0.25, 0.3) is 0 Å². The summed E-state index contributed by atoms with van der Waals surface area (Å²) in [5.41, 5.74) is 0.803. The third-order valence-corrected chi connectivity index (χ3v) is 6.80. The van der Waals surface area contributed by atoms with E-state index in [1.807, 2.05) is 37.3 Å². The summed E-state index contributed by atoms with van der Waals surface area (Å²) >= 11 is 0. The number of allylic oxidation sites excluding steroid dienone is 2. The van der Waals surface area contributed by atoms with Gasteiger partial charge < -0.3 is 14.2 Å². The van der Waals surface area contributed by atoms with Crippen LogP contribution >= 0.6 is 0 Å². The van der Waals surface area contributed by atoms with E-state index in [-0.39, 0.29) is 18.3 Å². The Labute approximate surface area is 228 Å². The van der Waals surface area contributed by atoms with E-state index in [1.54, 1.807) is 0 Å². The zero-order chi connectivity index (χ0) is 27.0. The molecule has 37 heavy (non-hydrogen) atoms. The molecule has 0 aliphatic carbocycles. The van der Waals surface area contributed by atoms with Gasteiger partial charge >= 0.3 is 6.16 Å². The van der Waals surface area contributed by atoms with Crippen LogP contribution in [0.3, 0.4) is 0 Å². The van der Waals surface area contributed by atoms with Gasteiger partial charge in [0, 0.05) is 6.42 Å². The van der Waals surface area contributed by atoms with Gasteiger partial charge in [0.2, 0.25) is 0 Å². The smallest absolute Gasteiger partial charge is 0.431 e. The summed E-state index contributed by atoms with van der Waals surface area (Å²) in [6, 6.07) is 9.62. The maximum Gasteiger partial charge on any atom is 0.508 e. The summed E-state index contributed by atoms with van der Waals surface area (Å²) < 4.78 is 16.6. The molecule has 0 fully saturated rings. The van der Waals surface area contributed by atoms with Gasteiger partial charge in [0.15, 0.2) is 0 Å². The van der Waals surface area contributed by atoms with E-state index in [0.29, 0.717) is 13.0 Å². The molecule has 1 rings (SSSR count). The molecule has 0 saturated carbocycles. The molecule has 1 unspecified atom stereocenters. The van der Waals surface area contributed by atoms with Crippen LogP contribution in [-0.2, 0) is 20.8 Å². The van der Waals surface area contributed by atoms with Crippen molar-refractivity contribution in [1.82, 2.24) is 0 Å². The van der Waals surface area contributed by atoms with Crippen molar-refractivity contribution in [1.29, 1.82) is 0 Å². The molecule has 1 aromatic carbocycles. The third kappa shape index (κ3) is 20.9. The Morgan fingerprint density at radius 3 is 2.03 bits per heavy atom. The minimum Gasteiger partial charge on any atom is -0.431 e. The standard InChI is InChI=1S/C33H56O4/c1-5-6-7-8-9-10-11-12-13-14-15-16-17-18-19-23-27-33(3,4)36-28-26-30(2)37-32(34)35-29-31-24-21-20-22-25-31/h12-13,20-22,24-25,30H,5-11,14-19,23,26-29H2,1-4H3. The van der Waals surface area contributed by atoms with Gasteiger partial charge in [-0.3, -0.25) is 0 Å². The molecule has 0 amide bonds. The first-order chi connectivity index (χ1) is 17.9. The highest BCUT2D eigenvalue weighted by Gasteiger charge is 2.19. The van der Waals surface area contributed by atoms with Crippen molar-refractivity contribution in [2.45, 2.75) is 149 Å². The Kier molecular flexibility index (Phi) is 19.9. The predicted octanol–water partition coefficient (Wildman–Crippen LogP) is 10.3. The van der Waals surface area contributed by atoms with E-state index in [9.17, 15) is 4.79 Å². The number of ether oxygens (including phenoxy) is 3. The second-order valence-corrected chi connectivity index (χ2v) is 11.0. The second-order valence-electron chi connectivity index (χ2n) is 11.0. The lowest BCUT2D eigenvalue weighted by Gasteiger charge is -2.26. The fourth-order valence-corrected chi connectivity index (χ4v) is 4.35. The molecular weight excluding hydrogens is 460 g/mol. The number of benzene rings is 1. The molecule has 4 heteroatoms. The molecule has 0 radical (unpaired) electrons. The number of hydrogen-bond donors (Lipinski definition) is 0. The zero-order valence-corrected chi connectivity index (χ0v) is 24.5. The quantitative estimate of drug-likeness (QED) is 0.0824. The maximum atomic E-state index is 11.9. The molecule has 0 spiro atoms. The highest BCUT2D eigenvalue weighted by Crippen LogP contribution is 2.20. The van der Waals surface area contributed by atoms with Crippen molar-refractivity contribution in [2.24, 2.45) is 0 Å². The van der Waals surface area contributed by atoms with Crippen molar-refractivity contribution >= 4 is 6.16 Å². The highest BCUT2D eigenvalue weighted by molar-refractivity contribution is 5.60. The van der Waals surface area contributed by atoms with Gasteiger partial charge in [0.05, 0.1) is 12.2 Å². The lowest BCUT2D eigenvalue weighted by atomic mass is 9.99. The SMILES string of the molecule is CCCCCCCCC=CCCCCCCCCC(C)(C)OCCC(C)OC(=O)OCc1ccccc1. The Morgan fingerprint density at radius 2 is 1.41 bits per heavy atom. The van der Waals surface area contributed by atoms with Crippen molar-refractivity contribution in [3.63, 3.8) is 0 Å². The van der Waals surface area contributed by atoms with Gasteiger partial charge in [0.1, 0.15) is 12.7 Å². The van der Waals surface area contributed by atoms with E-state index in [2.05, 4.69) is 32.9 Å². The fraction of sp³-hybridized carbons (Fsp3) is 0.727. The van der Waals surface area contributed by atoms with Gasteiger partial charge in [-0.15, -0.1) is 0 Å². The van der Waals surface area contributed by atoms with E-state index in [0.717, 1.165) is 12.0 Å². The van der Waals surface area contributed by atoms with E-state index < -0.39 is 6.16 Å². The highest BCUT2D eigenvalue weighted by atomic mass is 16.7. The molecule has 0 bridgehead atoms. The van der Waals surface area contributed by atoms with Crippen LogP contribution in [0.2, 0.25) is 0 Å². The Bertz CT molecular complexity index is 683. The zero-order valence-electron chi connectivity index (χ0n) is 24.5. The van der Waals surface area contributed by atoms with Gasteiger partial charge in [-0.05, 0) is 58.4 Å². The fourth-order valence-electron chi connectivity index (χ4n) is 4.35. The van der Waals surface area contributed by atoms with Gasteiger partial charge in [-0.1, -0.05) is 114 Å². The Morgan fingerprint density at radius 1 is 0.838 bits per heavy atom. The average Bonchev–Trinajstić information content (AvgIpc) is 2.87. The molecule has 1 aromatic rings. The molecule has 212 valence electrons.